The summed E-state index contributed by atoms with van der Waals surface area (Å²) in [5, 5.41) is 0. The Kier molecular flexibility index (Phi) is 47.3. The van der Waals surface area contributed by atoms with Crippen molar-refractivity contribution in [2.75, 3.05) is 13.2 Å². The number of hydrogen-bond acceptors (Lipinski definition) is 6. The lowest BCUT2D eigenvalue weighted by atomic mass is 10.0. The van der Waals surface area contributed by atoms with Gasteiger partial charge in [0.2, 0.25) is 0 Å². The minimum atomic E-state index is -0.766. The van der Waals surface area contributed by atoms with Crippen LogP contribution in [0, 0.1) is 0 Å². The molecule has 59 heavy (non-hydrogen) atoms. The van der Waals surface area contributed by atoms with Crippen LogP contribution in [0.1, 0.15) is 290 Å². The molecule has 0 rings (SSSR count). The van der Waals surface area contributed by atoms with E-state index in [4.69, 9.17) is 14.2 Å². The zero-order valence-electron chi connectivity index (χ0n) is 39.8. The van der Waals surface area contributed by atoms with Crippen molar-refractivity contribution in [1.29, 1.82) is 0 Å². The highest BCUT2D eigenvalue weighted by Crippen LogP contribution is 2.16. The van der Waals surface area contributed by atoms with E-state index in [0.717, 1.165) is 64.2 Å². The van der Waals surface area contributed by atoms with E-state index in [0.29, 0.717) is 19.3 Å². The van der Waals surface area contributed by atoms with Crippen molar-refractivity contribution in [3.63, 3.8) is 0 Å². The van der Waals surface area contributed by atoms with Gasteiger partial charge in [0.1, 0.15) is 13.2 Å². The first-order valence-corrected chi connectivity index (χ1v) is 26.2. The summed E-state index contributed by atoms with van der Waals surface area (Å²) in [6.45, 7) is 6.65. The molecule has 0 saturated carbocycles. The molecule has 0 aliphatic heterocycles. The Bertz CT molecular complexity index is 916. The average molecular weight is 833 g/mol. The number of allylic oxidation sites excluding steroid dienone is 2. The normalized spacial score (nSPS) is 12.0. The minimum Gasteiger partial charge on any atom is -0.462 e. The molecule has 0 aliphatic carbocycles. The molecule has 348 valence electrons. The van der Waals surface area contributed by atoms with Gasteiger partial charge >= 0.3 is 17.9 Å². The predicted octanol–water partition coefficient (Wildman–Crippen LogP) is 17.0. The third-order valence-electron chi connectivity index (χ3n) is 11.8. The molecule has 0 heterocycles. The fraction of sp³-hybridized carbons (Fsp3) is 0.906. The molecule has 0 unspecified atom stereocenters. The zero-order valence-corrected chi connectivity index (χ0v) is 39.8. The molecule has 0 spiro atoms. The maximum Gasteiger partial charge on any atom is 0.306 e. The van der Waals surface area contributed by atoms with Crippen LogP contribution < -0.4 is 0 Å². The molecule has 6 heteroatoms. The number of esters is 3. The van der Waals surface area contributed by atoms with Gasteiger partial charge in [-0.3, -0.25) is 14.4 Å². The van der Waals surface area contributed by atoms with Crippen molar-refractivity contribution in [1.82, 2.24) is 0 Å². The van der Waals surface area contributed by atoms with Crippen LogP contribution in [-0.2, 0) is 28.6 Å². The summed E-state index contributed by atoms with van der Waals surface area (Å²) < 4.78 is 16.8. The molecule has 0 fully saturated rings. The van der Waals surface area contributed by atoms with E-state index in [-0.39, 0.29) is 31.1 Å². The van der Waals surface area contributed by atoms with Crippen LogP contribution in [0.4, 0.5) is 0 Å². The second kappa shape index (κ2) is 48.8. The Balaban J connectivity index is 4.31. The average Bonchev–Trinajstić information content (AvgIpc) is 3.23. The molecule has 0 aliphatic rings. The van der Waals surface area contributed by atoms with Crippen molar-refractivity contribution in [2.24, 2.45) is 0 Å². The second-order valence-corrected chi connectivity index (χ2v) is 17.8. The van der Waals surface area contributed by atoms with Crippen molar-refractivity contribution >= 4 is 17.9 Å². The first-order valence-electron chi connectivity index (χ1n) is 26.2. The van der Waals surface area contributed by atoms with Gasteiger partial charge in [0.25, 0.3) is 0 Å². The Morgan fingerprint density at radius 1 is 0.322 bits per heavy atom. The lowest BCUT2D eigenvalue weighted by molar-refractivity contribution is -0.167. The van der Waals surface area contributed by atoms with Gasteiger partial charge in [-0.15, -0.1) is 0 Å². The Morgan fingerprint density at radius 2 is 0.559 bits per heavy atom. The van der Waals surface area contributed by atoms with E-state index in [9.17, 15) is 14.4 Å². The molecule has 0 N–H and O–H groups in total. The van der Waals surface area contributed by atoms with E-state index >= 15 is 0 Å². The van der Waals surface area contributed by atoms with Crippen molar-refractivity contribution in [2.45, 2.75) is 297 Å². The van der Waals surface area contributed by atoms with Crippen LogP contribution in [0.5, 0.6) is 0 Å². The zero-order chi connectivity index (χ0) is 43.0. The minimum absolute atomic E-state index is 0.0673. The molecule has 0 bridgehead atoms. The number of ether oxygens (including phenoxy) is 3. The Morgan fingerprint density at radius 3 is 0.864 bits per heavy atom. The van der Waals surface area contributed by atoms with Gasteiger partial charge in [0.15, 0.2) is 6.10 Å². The fourth-order valence-corrected chi connectivity index (χ4v) is 7.79. The standard InChI is InChI=1S/C53H100O6/c1-4-7-10-13-16-19-22-24-25-26-27-29-32-35-38-41-44-47-53(56)59-50(48-57-51(54)45-42-39-36-33-30-21-18-15-12-9-6-3)49-58-52(55)46-43-40-37-34-31-28-23-20-17-14-11-8-5-2/h20,23,50H,4-19,21-22,24-49H2,1-3H3/b23-20-/t50-/m0/s1. The van der Waals surface area contributed by atoms with Crippen LogP contribution in [0.25, 0.3) is 0 Å². The highest BCUT2D eigenvalue weighted by molar-refractivity contribution is 5.71. The van der Waals surface area contributed by atoms with E-state index in [1.807, 2.05) is 0 Å². The summed E-state index contributed by atoms with van der Waals surface area (Å²) in [6, 6.07) is 0. The first-order chi connectivity index (χ1) is 29.0. The van der Waals surface area contributed by atoms with E-state index in [2.05, 4.69) is 32.9 Å². The molecule has 0 saturated heterocycles. The molecule has 6 nitrogen and oxygen atoms in total. The molecule has 0 amide bonds. The van der Waals surface area contributed by atoms with E-state index < -0.39 is 6.10 Å². The largest absolute Gasteiger partial charge is 0.462 e. The summed E-state index contributed by atoms with van der Waals surface area (Å²) in [7, 11) is 0. The fourth-order valence-electron chi connectivity index (χ4n) is 7.79. The number of rotatable bonds is 48. The summed E-state index contributed by atoms with van der Waals surface area (Å²) in [4.78, 5) is 37.9. The summed E-state index contributed by atoms with van der Waals surface area (Å²) >= 11 is 0. The maximum absolute atomic E-state index is 12.8. The number of carbonyl (C=O) groups is 3. The second-order valence-electron chi connectivity index (χ2n) is 17.8. The number of carbonyl (C=O) groups excluding carboxylic acids is 3. The quantitative estimate of drug-likeness (QED) is 0.0263. The van der Waals surface area contributed by atoms with Crippen LogP contribution in [-0.4, -0.2) is 37.2 Å². The molecule has 0 radical (unpaired) electrons. The van der Waals surface area contributed by atoms with E-state index in [1.54, 1.807) is 0 Å². The number of hydrogen-bond donors (Lipinski definition) is 0. The van der Waals surface area contributed by atoms with Crippen LogP contribution in [0.2, 0.25) is 0 Å². The van der Waals surface area contributed by atoms with Crippen LogP contribution in [0.15, 0.2) is 12.2 Å². The van der Waals surface area contributed by atoms with Gasteiger partial charge in [0.05, 0.1) is 0 Å². The van der Waals surface area contributed by atoms with Crippen LogP contribution in [0.3, 0.4) is 0 Å². The third kappa shape index (κ3) is 47.1. The van der Waals surface area contributed by atoms with Gasteiger partial charge in [0, 0.05) is 19.3 Å². The van der Waals surface area contributed by atoms with Gasteiger partial charge in [-0.1, -0.05) is 238 Å². The summed E-state index contributed by atoms with van der Waals surface area (Å²) in [5.41, 5.74) is 0. The Hall–Kier alpha value is -1.85. The number of unbranched alkanes of at least 4 members (excludes halogenated alkanes) is 35. The molecule has 0 aromatic carbocycles. The summed E-state index contributed by atoms with van der Waals surface area (Å²) in [6.07, 6.45) is 53.3. The van der Waals surface area contributed by atoms with Gasteiger partial charge in [-0.2, -0.15) is 0 Å². The monoisotopic (exact) mass is 833 g/mol. The maximum atomic E-state index is 12.8. The highest BCUT2D eigenvalue weighted by Gasteiger charge is 2.19. The van der Waals surface area contributed by atoms with Gasteiger partial charge in [-0.25, -0.2) is 0 Å². The SMILES string of the molecule is CCCCCC/C=C\CCCCCCCC(=O)OC[C@H](COC(=O)CCCCCCCCCCCCC)OC(=O)CCCCCCCCCCCCCCCCCCC. The van der Waals surface area contributed by atoms with Crippen LogP contribution >= 0.6 is 0 Å². The Labute approximate surface area is 367 Å². The van der Waals surface area contributed by atoms with E-state index in [1.165, 1.54) is 186 Å². The highest BCUT2D eigenvalue weighted by atomic mass is 16.6. The van der Waals surface area contributed by atoms with Crippen molar-refractivity contribution < 1.29 is 28.6 Å². The molecule has 1 atom stereocenters. The lowest BCUT2D eigenvalue weighted by Crippen LogP contribution is -2.30. The lowest BCUT2D eigenvalue weighted by Gasteiger charge is -2.18. The molecule has 0 aromatic heterocycles. The van der Waals surface area contributed by atoms with Gasteiger partial charge in [-0.05, 0) is 44.9 Å². The molecular formula is C53H100O6. The smallest absolute Gasteiger partial charge is 0.306 e. The summed E-state index contributed by atoms with van der Waals surface area (Å²) in [5.74, 6) is -0.860. The molecule has 0 aromatic rings. The third-order valence-corrected chi connectivity index (χ3v) is 11.8. The molecular weight excluding hydrogens is 733 g/mol. The van der Waals surface area contributed by atoms with Crippen molar-refractivity contribution in [3.05, 3.63) is 12.2 Å². The first kappa shape index (κ1) is 57.1. The predicted molar refractivity (Wildman–Crippen MR) is 252 cm³/mol. The van der Waals surface area contributed by atoms with Gasteiger partial charge < -0.3 is 14.2 Å². The topological polar surface area (TPSA) is 78.9 Å². The van der Waals surface area contributed by atoms with Crippen molar-refractivity contribution in [3.8, 4) is 0 Å².